The monoisotopic (exact) mass is 457 g/mol. The quantitative estimate of drug-likeness (QED) is 0.383. The predicted molar refractivity (Wildman–Crippen MR) is 99.6 cm³/mol. The second kappa shape index (κ2) is 8.32. The summed E-state index contributed by atoms with van der Waals surface area (Å²) in [6.07, 6.45) is -7.25. The van der Waals surface area contributed by atoms with Crippen LogP contribution >= 0.6 is 0 Å². The molecule has 32 heavy (non-hydrogen) atoms. The Kier molecular flexibility index (Phi) is 5.92. The van der Waals surface area contributed by atoms with Crippen molar-refractivity contribution in [3.05, 3.63) is 63.5 Å². The standard InChI is InChI=1S/C19H15F4N3O6/c1-24(2)17(27)31-11-6-7-12-14(8-11)32-18(28)25(16(12)19(21,22)23)9-10-4-3-5-13(15(10)20)26(29)30/h3-8,16H,9H2,1-2H3. The number of carbonyl (C=O) groups is 2. The summed E-state index contributed by atoms with van der Waals surface area (Å²) in [5.74, 6) is -2.01. The van der Waals surface area contributed by atoms with Crippen LogP contribution in [0.15, 0.2) is 36.4 Å². The van der Waals surface area contributed by atoms with Crippen LogP contribution in [-0.2, 0) is 6.54 Å². The molecule has 2 aromatic rings. The van der Waals surface area contributed by atoms with Gasteiger partial charge in [-0.3, -0.25) is 15.0 Å². The van der Waals surface area contributed by atoms with Crippen molar-refractivity contribution in [2.45, 2.75) is 18.8 Å². The van der Waals surface area contributed by atoms with E-state index in [2.05, 4.69) is 0 Å². The van der Waals surface area contributed by atoms with Crippen LogP contribution in [0.3, 0.4) is 0 Å². The van der Waals surface area contributed by atoms with Gasteiger partial charge >= 0.3 is 24.1 Å². The molecule has 0 aliphatic carbocycles. The van der Waals surface area contributed by atoms with E-state index in [4.69, 9.17) is 9.47 Å². The van der Waals surface area contributed by atoms with Crippen molar-refractivity contribution in [2.75, 3.05) is 14.1 Å². The van der Waals surface area contributed by atoms with Crippen molar-refractivity contribution in [3.8, 4) is 11.5 Å². The first-order valence-electron chi connectivity index (χ1n) is 8.90. The number of benzene rings is 2. The molecule has 0 radical (unpaired) electrons. The summed E-state index contributed by atoms with van der Waals surface area (Å²) < 4.78 is 66.1. The molecule has 1 heterocycles. The molecule has 170 valence electrons. The molecule has 1 aliphatic rings. The van der Waals surface area contributed by atoms with Crippen molar-refractivity contribution in [3.63, 3.8) is 0 Å². The van der Waals surface area contributed by atoms with E-state index in [1.165, 1.54) is 14.1 Å². The third-order valence-corrected chi connectivity index (χ3v) is 4.50. The number of fused-ring (bicyclic) bond motifs is 1. The van der Waals surface area contributed by atoms with Crippen LogP contribution in [0.5, 0.6) is 11.5 Å². The lowest BCUT2D eigenvalue weighted by Gasteiger charge is -2.37. The summed E-state index contributed by atoms with van der Waals surface area (Å²) in [4.78, 5) is 35.3. The highest BCUT2D eigenvalue weighted by atomic mass is 19.4. The number of hydrogen-bond donors (Lipinski definition) is 0. The maximum Gasteiger partial charge on any atom is 0.416 e. The lowest BCUT2D eigenvalue weighted by molar-refractivity contribution is -0.387. The first-order valence-corrected chi connectivity index (χ1v) is 8.90. The van der Waals surface area contributed by atoms with Gasteiger partial charge in [0.15, 0.2) is 6.04 Å². The average molecular weight is 457 g/mol. The van der Waals surface area contributed by atoms with E-state index in [1.807, 2.05) is 0 Å². The van der Waals surface area contributed by atoms with E-state index >= 15 is 0 Å². The van der Waals surface area contributed by atoms with E-state index < -0.39 is 64.3 Å². The fourth-order valence-corrected chi connectivity index (χ4v) is 3.03. The number of nitro benzene ring substituents is 1. The minimum Gasteiger partial charge on any atom is -0.410 e. The molecule has 0 N–H and O–H groups in total. The van der Waals surface area contributed by atoms with E-state index in [9.17, 15) is 37.3 Å². The first-order chi connectivity index (χ1) is 14.9. The van der Waals surface area contributed by atoms with Gasteiger partial charge in [0.25, 0.3) is 0 Å². The fourth-order valence-electron chi connectivity index (χ4n) is 3.03. The van der Waals surface area contributed by atoms with Crippen LogP contribution in [0.25, 0.3) is 0 Å². The summed E-state index contributed by atoms with van der Waals surface area (Å²) in [7, 11) is 2.79. The molecular formula is C19H15F4N3O6. The fraction of sp³-hybridized carbons (Fsp3) is 0.263. The molecular weight excluding hydrogens is 442 g/mol. The van der Waals surface area contributed by atoms with Crippen molar-refractivity contribution in [2.24, 2.45) is 0 Å². The summed E-state index contributed by atoms with van der Waals surface area (Å²) in [6, 6.07) is 3.45. The number of nitro groups is 1. The second-order valence-corrected chi connectivity index (χ2v) is 6.91. The van der Waals surface area contributed by atoms with Gasteiger partial charge < -0.3 is 14.4 Å². The molecule has 2 aromatic carbocycles. The van der Waals surface area contributed by atoms with Crippen LogP contribution in [0.2, 0.25) is 0 Å². The van der Waals surface area contributed by atoms with Gasteiger partial charge in [-0.15, -0.1) is 0 Å². The van der Waals surface area contributed by atoms with Crippen LogP contribution in [-0.4, -0.2) is 47.2 Å². The molecule has 1 atom stereocenters. The molecule has 0 spiro atoms. The number of hydrogen-bond acceptors (Lipinski definition) is 6. The number of rotatable bonds is 4. The number of carbonyl (C=O) groups excluding carboxylic acids is 2. The molecule has 2 amide bonds. The number of alkyl halides is 3. The Morgan fingerprint density at radius 3 is 2.56 bits per heavy atom. The van der Waals surface area contributed by atoms with Crippen LogP contribution in [0.1, 0.15) is 17.2 Å². The van der Waals surface area contributed by atoms with Gasteiger partial charge in [0.1, 0.15) is 11.5 Å². The van der Waals surface area contributed by atoms with E-state index in [-0.39, 0.29) is 10.6 Å². The number of halogens is 4. The number of amides is 2. The zero-order valence-corrected chi connectivity index (χ0v) is 16.6. The average Bonchev–Trinajstić information content (AvgIpc) is 2.68. The Bertz CT molecular complexity index is 1090. The highest BCUT2D eigenvalue weighted by Crippen LogP contribution is 2.46. The molecule has 9 nitrogen and oxygen atoms in total. The first kappa shape index (κ1) is 22.8. The Morgan fingerprint density at radius 2 is 1.97 bits per heavy atom. The van der Waals surface area contributed by atoms with E-state index in [0.29, 0.717) is 0 Å². The molecule has 13 heteroatoms. The molecule has 0 bridgehead atoms. The normalized spacial score (nSPS) is 15.6. The lowest BCUT2D eigenvalue weighted by atomic mass is 10.0. The molecule has 0 aromatic heterocycles. The van der Waals surface area contributed by atoms with E-state index in [1.54, 1.807) is 0 Å². The van der Waals surface area contributed by atoms with Gasteiger partial charge in [-0.2, -0.15) is 17.6 Å². The SMILES string of the molecule is CN(C)C(=O)Oc1ccc2c(c1)OC(=O)N(Cc1cccc([N+](=O)[O-])c1F)C2C(F)(F)F. The summed E-state index contributed by atoms with van der Waals surface area (Å²) in [5, 5.41) is 10.9. The van der Waals surface area contributed by atoms with Gasteiger partial charge in [0.05, 0.1) is 11.5 Å². The zero-order chi connectivity index (χ0) is 23.8. The van der Waals surface area contributed by atoms with Crippen molar-refractivity contribution in [1.29, 1.82) is 0 Å². The highest BCUT2D eigenvalue weighted by Gasteiger charge is 2.51. The third-order valence-electron chi connectivity index (χ3n) is 4.50. The van der Waals surface area contributed by atoms with E-state index in [0.717, 1.165) is 41.3 Å². The molecule has 0 fully saturated rings. The molecule has 3 rings (SSSR count). The van der Waals surface area contributed by atoms with Crippen molar-refractivity contribution in [1.82, 2.24) is 9.80 Å². The maximum absolute atomic E-state index is 14.4. The minimum atomic E-state index is -4.99. The molecule has 1 unspecified atom stereocenters. The van der Waals surface area contributed by atoms with Crippen LogP contribution in [0.4, 0.5) is 32.8 Å². The second-order valence-electron chi connectivity index (χ2n) is 6.91. The molecule has 1 aliphatic heterocycles. The lowest BCUT2D eigenvalue weighted by Crippen LogP contribution is -2.46. The van der Waals surface area contributed by atoms with Crippen molar-refractivity contribution < 1.29 is 41.5 Å². The third kappa shape index (κ3) is 4.40. The molecule has 0 saturated carbocycles. The van der Waals surface area contributed by atoms with Crippen LogP contribution < -0.4 is 9.47 Å². The topological polar surface area (TPSA) is 102 Å². The Balaban J connectivity index is 2.00. The summed E-state index contributed by atoms with van der Waals surface area (Å²) in [5.41, 5.74) is -1.91. The Labute approximate surface area is 177 Å². The largest absolute Gasteiger partial charge is 0.416 e. The number of nitrogens with zero attached hydrogens (tertiary/aromatic N) is 3. The Hall–Kier alpha value is -3.90. The van der Waals surface area contributed by atoms with Crippen molar-refractivity contribution >= 4 is 17.9 Å². The van der Waals surface area contributed by atoms with Gasteiger partial charge in [0.2, 0.25) is 5.82 Å². The molecule has 0 saturated heterocycles. The Morgan fingerprint density at radius 1 is 1.28 bits per heavy atom. The highest BCUT2D eigenvalue weighted by molar-refractivity contribution is 5.76. The van der Waals surface area contributed by atoms with Gasteiger partial charge in [-0.05, 0) is 12.1 Å². The number of ether oxygens (including phenoxy) is 2. The predicted octanol–water partition coefficient (Wildman–Crippen LogP) is 4.41. The minimum absolute atomic E-state index is 0.158. The summed E-state index contributed by atoms with van der Waals surface area (Å²) >= 11 is 0. The summed E-state index contributed by atoms with van der Waals surface area (Å²) in [6.45, 7) is -0.937. The maximum atomic E-state index is 14.4. The van der Waals surface area contributed by atoms with Gasteiger partial charge in [-0.1, -0.05) is 12.1 Å². The van der Waals surface area contributed by atoms with Gasteiger partial charge in [0, 0.05) is 37.4 Å². The van der Waals surface area contributed by atoms with Gasteiger partial charge in [-0.25, -0.2) is 9.59 Å². The van der Waals surface area contributed by atoms with Crippen LogP contribution in [0, 0.1) is 15.9 Å². The smallest absolute Gasteiger partial charge is 0.410 e. The zero-order valence-electron chi connectivity index (χ0n) is 16.6.